The lowest BCUT2D eigenvalue weighted by molar-refractivity contribution is -0.126. The Bertz CT molecular complexity index is 440. The zero-order valence-electron chi connectivity index (χ0n) is 11.8. The molecular formula is C13H21N3O3. The van der Waals surface area contributed by atoms with Gasteiger partial charge in [0.2, 0.25) is 11.8 Å². The molecule has 1 atom stereocenters. The average molecular weight is 267 g/mol. The van der Waals surface area contributed by atoms with Gasteiger partial charge in [-0.05, 0) is 19.3 Å². The maximum absolute atomic E-state index is 12.1. The number of rotatable bonds is 6. The minimum Gasteiger partial charge on any atom is -0.360 e. The molecule has 0 unspecified atom stereocenters. The summed E-state index contributed by atoms with van der Waals surface area (Å²) < 4.78 is 4.88. The average Bonchev–Trinajstić information content (AvgIpc) is 2.73. The lowest BCUT2D eigenvalue weighted by atomic mass is 10.0. The first-order valence-electron chi connectivity index (χ1n) is 6.46. The van der Waals surface area contributed by atoms with Crippen molar-refractivity contribution < 1.29 is 14.1 Å². The molecule has 6 heteroatoms. The highest BCUT2D eigenvalue weighted by molar-refractivity contribution is 5.96. The normalized spacial score (nSPS) is 12.3. The smallest absolute Gasteiger partial charge is 0.248 e. The molecule has 0 aliphatic rings. The van der Waals surface area contributed by atoms with E-state index in [2.05, 4.69) is 15.8 Å². The van der Waals surface area contributed by atoms with Gasteiger partial charge in [0, 0.05) is 12.5 Å². The number of aromatic nitrogens is 1. The Labute approximate surface area is 112 Å². The van der Waals surface area contributed by atoms with E-state index in [9.17, 15) is 9.59 Å². The van der Waals surface area contributed by atoms with Crippen molar-refractivity contribution in [3.05, 3.63) is 11.8 Å². The van der Waals surface area contributed by atoms with Gasteiger partial charge >= 0.3 is 0 Å². The fourth-order valence-electron chi connectivity index (χ4n) is 1.64. The highest BCUT2D eigenvalue weighted by Crippen LogP contribution is 2.10. The van der Waals surface area contributed by atoms with Gasteiger partial charge < -0.3 is 15.2 Å². The van der Waals surface area contributed by atoms with E-state index in [4.69, 9.17) is 4.52 Å². The van der Waals surface area contributed by atoms with Crippen LogP contribution in [0.5, 0.6) is 0 Å². The summed E-state index contributed by atoms with van der Waals surface area (Å²) in [6, 6.07) is 1.08. The van der Waals surface area contributed by atoms with Gasteiger partial charge in [0.1, 0.15) is 11.8 Å². The molecule has 0 spiro atoms. The molecule has 0 aliphatic heterocycles. The second-order valence-electron chi connectivity index (χ2n) is 4.92. The summed E-state index contributed by atoms with van der Waals surface area (Å²) >= 11 is 0. The second-order valence-corrected chi connectivity index (χ2v) is 4.92. The molecule has 6 nitrogen and oxygen atoms in total. The van der Waals surface area contributed by atoms with Crippen LogP contribution in [0, 0.1) is 12.8 Å². The molecule has 1 rings (SSSR count). The molecule has 0 fully saturated rings. The summed E-state index contributed by atoms with van der Waals surface area (Å²) in [5, 5.41) is 9.05. The number of nitrogens with one attached hydrogen (secondary N) is 2. The number of carbonyl (C=O) groups excluding carboxylic acids is 2. The number of aryl methyl sites for hydroxylation is 1. The Morgan fingerprint density at radius 3 is 2.58 bits per heavy atom. The molecule has 0 radical (unpaired) electrons. The maximum Gasteiger partial charge on any atom is 0.248 e. The number of carbonyl (C=O) groups is 2. The van der Waals surface area contributed by atoms with Gasteiger partial charge in [0.15, 0.2) is 5.82 Å². The summed E-state index contributed by atoms with van der Waals surface area (Å²) in [6.07, 6.45) is 0.930. The van der Waals surface area contributed by atoms with E-state index in [-0.39, 0.29) is 11.8 Å². The maximum atomic E-state index is 12.1. The topological polar surface area (TPSA) is 84.2 Å². The molecule has 0 aromatic carbocycles. The molecule has 1 aromatic heterocycles. The summed E-state index contributed by atoms with van der Waals surface area (Å²) in [4.78, 5) is 23.5. The second kappa shape index (κ2) is 6.92. The monoisotopic (exact) mass is 267 g/mol. The van der Waals surface area contributed by atoms with Crippen molar-refractivity contribution in [2.24, 2.45) is 5.92 Å². The zero-order valence-corrected chi connectivity index (χ0v) is 11.8. The Kier molecular flexibility index (Phi) is 5.54. The minimum atomic E-state index is -0.551. The van der Waals surface area contributed by atoms with Crippen molar-refractivity contribution in [1.82, 2.24) is 10.5 Å². The van der Waals surface area contributed by atoms with E-state index < -0.39 is 6.04 Å². The Morgan fingerprint density at radius 2 is 2.11 bits per heavy atom. The van der Waals surface area contributed by atoms with Gasteiger partial charge in [-0.25, -0.2) is 0 Å². The number of hydrogen-bond acceptors (Lipinski definition) is 4. The first-order valence-corrected chi connectivity index (χ1v) is 6.46. The van der Waals surface area contributed by atoms with Crippen LogP contribution < -0.4 is 10.6 Å². The SMILES string of the molecule is CCC(=O)N[C@H](CC(C)C)C(=O)Nc1cc(C)on1. The molecule has 0 saturated heterocycles. The largest absolute Gasteiger partial charge is 0.360 e. The van der Waals surface area contributed by atoms with Crippen molar-refractivity contribution in [1.29, 1.82) is 0 Å². The summed E-state index contributed by atoms with van der Waals surface area (Å²) in [7, 11) is 0. The Hall–Kier alpha value is -1.85. The predicted molar refractivity (Wildman–Crippen MR) is 71.5 cm³/mol. The van der Waals surface area contributed by atoms with E-state index in [1.54, 1.807) is 19.9 Å². The van der Waals surface area contributed by atoms with Crippen LogP contribution in [0.4, 0.5) is 5.82 Å². The van der Waals surface area contributed by atoms with Gasteiger partial charge in [-0.1, -0.05) is 25.9 Å². The van der Waals surface area contributed by atoms with Crippen LogP contribution in [0.3, 0.4) is 0 Å². The summed E-state index contributed by atoms with van der Waals surface area (Å²) in [6.45, 7) is 7.49. The quantitative estimate of drug-likeness (QED) is 0.824. The van der Waals surface area contributed by atoms with Crippen LogP contribution in [0.1, 0.15) is 39.4 Å². The van der Waals surface area contributed by atoms with E-state index >= 15 is 0 Å². The third-order valence-corrected chi connectivity index (χ3v) is 2.56. The van der Waals surface area contributed by atoms with Crippen LogP contribution in [-0.2, 0) is 9.59 Å². The summed E-state index contributed by atoms with van der Waals surface area (Å²) in [5.74, 6) is 0.864. The lowest BCUT2D eigenvalue weighted by Gasteiger charge is -2.19. The molecule has 0 saturated carbocycles. The third-order valence-electron chi connectivity index (χ3n) is 2.56. The number of hydrogen-bond donors (Lipinski definition) is 2. The predicted octanol–water partition coefficient (Wildman–Crippen LogP) is 1.86. The molecule has 0 bridgehead atoms. The molecule has 106 valence electrons. The molecule has 0 aliphatic carbocycles. The Morgan fingerprint density at radius 1 is 1.42 bits per heavy atom. The standard InChI is InChI=1S/C13H21N3O3/c1-5-12(17)14-10(6-8(2)3)13(18)15-11-7-9(4)19-16-11/h7-8,10H,5-6H2,1-4H3,(H,14,17)(H,15,16,18)/t10-/m1/s1. The van der Waals surface area contributed by atoms with Gasteiger partial charge in [0.05, 0.1) is 0 Å². The first kappa shape index (κ1) is 15.2. The van der Waals surface area contributed by atoms with E-state index in [1.165, 1.54) is 0 Å². The van der Waals surface area contributed by atoms with Crippen LogP contribution >= 0.6 is 0 Å². The van der Waals surface area contributed by atoms with E-state index in [0.29, 0.717) is 30.3 Å². The van der Waals surface area contributed by atoms with Crippen molar-refractivity contribution >= 4 is 17.6 Å². The molecule has 1 heterocycles. The number of nitrogens with zero attached hydrogens (tertiary/aromatic N) is 1. The lowest BCUT2D eigenvalue weighted by Crippen LogP contribution is -2.44. The van der Waals surface area contributed by atoms with Crippen molar-refractivity contribution in [3.8, 4) is 0 Å². The fourth-order valence-corrected chi connectivity index (χ4v) is 1.64. The molecule has 19 heavy (non-hydrogen) atoms. The third kappa shape index (κ3) is 5.11. The molecule has 2 amide bonds. The van der Waals surface area contributed by atoms with Crippen LogP contribution in [0.15, 0.2) is 10.6 Å². The fraction of sp³-hybridized carbons (Fsp3) is 0.615. The van der Waals surface area contributed by atoms with Crippen molar-refractivity contribution in [2.45, 2.75) is 46.6 Å². The number of amides is 2. The van der Waals surface area contributed by atoms with Crippen LogP contribution in [0.2, 0.25) is 0 Å². The van der Waals surface area contributed by atoms with Gasteiger partial charge in [-0.15, -0.1) is 0 Å². The highest BCUT2D eigenvalue weighted by atomic mass is 16.5. The first-order chi connectivity index (χ1) is 8.92. The molecule has 1 aromatic rings. The van der Waals surface area contributed by atoms with Crippen molar-refractivity contribution in [2.75, 3.05) is 5.32 Å². The van der Waals surface area contributed by atoms with Crippen LogP contribution in [-0.4, -0.2) is 23.0 Å². The van der Waals surface area contributed by atoms with Gasteiger partial charge in [-0.3, -0.25) is 9.59 Å². The van der Waals surface area contributed by atoms with E-state index in [0.717, 1.165) is 0 Å². The number of anilines is 1. The summed E-state index contributed by atoms with van der Waals surface area (Å²) in [5.41, 5.74) is 0. The van der Waals surface area contributed by atoms with E-state index in [1.807, 2.05) is 13.8 Å². The van der Waals surface area contributed by atoms with Crippen molar-refractivity contribution in [3.63, 3.8) is 0 Å². The molecular weight excluding hydrogens is 246 g/mol. The minimum absolute atomic E-state index is 0.142. The van der Waals surface area contributed by atoms with Gasteiger partial charge in [-0.2, -0.15) is 0 Å². The Balaban J connectivity index is 2.67. The zero-order chi connectivity index (χ0) is 14.4. The highest BCUT2D eigenvalue weighted by Gasteiger charge is 2.22. The molecule has 2 N–H and O–H groups in total. The van der Waals surface area contributed by atoms with Crippen LogP contribution in [0.25, 0.3) is 0 Å². The van der Waals surface area contributed by atoms with Gasteiger partial charge in [0.25, 0.3) is 0 Å².